The standard InChI is InChI=1S/C8H13F5N2O2S/c1-14-2-4-15(5-3-14)18(16,17)8(12,13)7(10,11)6-9/h2-6H2,1H3. The van der Waals surface area contributed by atoms with Gasteiger partial charge in [-0.05, 0) is 7.05 Å². The van der Waals surface area contributed by atoms with Crippen LogP contribution in [0, 0.1) is 0 Å². The van der Waals surface area contributed by atoms with Crippen LogP contribution in [0.3, 0.4) is 0 Å². The molecule has 0 amide bonds. The van der Waals surface area contributed by atoms with E-state index in [1.807, 2.05) is 0 Å². The van der Waals surface area contributed by atoms with Gasteiger partial charge < -0.3 is 4.90 Å². The number of rotatable bonds is 4. The van der Waals surface area contributed by atoms with Gasteiger partial charge in [0.15, 0.2) is 6.67 Å². The van der Waals surface area contributed by atoms with Crippen molar-refractivity contribution in [2.45, 2.75) is 11.2 Å². The van der Waals surface area contributed by atoms with E-state index in [0.717, 1.165) is 0 Å². The molecule has 0 bridgehead atoms. The second-order valence-corrected chi connectivity index (χ2v) is 6.04. The number of hydrogen-bond acceptors (Lipinski definition) is 3. The van der Waals surface area contributed by atoms with Gasteiger partial charge in [0.25, 0.3) is 10.0 Å². The van der Waals surface area contributed by atoms with Gasteiger partial charge in [0, 0.05) is 26.2 Å². The predicted molar refractivity (Wildman–Crippen MR) is 53.9 cm³/mol. The van der Waals surface area contributed by atoms with E-state index in [2.05, 4.69) is 0 Å². The van der Waals surface area contributed by atoms with Gasteiger partial charge in [-0.3, -0.25) is 0 Å². The van der Waals surface area contributed by atoms with E-state index in [0.29, 0.717) is 0 Å². The summed E-state index contributed by atoms with van der Waals surface area (Å²) in [6, 6.07) is 0. The Morgan fingerprint density at radius 2 is 1.50 bits per heavy atom. The largest absolute Gasteiger partial charge is 0.423 e. The molecule has 0 radical (unpaired) electrons. The van der Waals surface area contributed by atoms with Gasteiger partial charge in [0.2, 0.25) is 0 Å². The minimum Gasteiger partial charge on any atom is -0.304 e. The van der Waals surface area contributed by atoms with Crippen molar-refractivity contribution in [3.8, 4) is 0 Å². The van der Waals surface area contributed by atoms with E-state index in [-0.39, 0.29) is 30.5 Å². The minimum atomic E-state index is -5.57. The van der Waals surface area contributed by atoms with Gasteiger partial charge >= 0.3 is 11.2 Å². The Kier molecular flexibility index (Phi) is 4.23. The van der Waals surface area contributed by atoms with Crippen LogP contribution in [0.1, 0.15) is 0 Å². The van der Waals surface area contributed by atoms with E-state index in [1.165, 1.54) is 0 Å². The van der Waals surface area contributed by atoms with Gasteiger partial charge in [-0.15, -0.1) is 0 Å². The van der Waals surface area contributed by atoms with Crippen molar-refractivity contribution in [1.29, 1.82) is 0 Å². The van der Waals surface area contributed by atoms with E-state index in [9.17, 15) is 30.4 Å². The number of hydrogen-bond donors (Lipinski definition) is 0. The third-order valence-corrected chi connectivity index (χ3v) is 4.71. The van der Waals surface area contributed by atoms with Crippen LogP contribution in [0.2, 0.25) is 0 Å². The van der Waals surface area contributed by atoms with Crippen molar-refractivity contribution in [2.75, 3.05) is 39.9 Å². The summed E-state index contributed by atoms with van der Waals surface area (Å²) in [7, 11) is -3.93. The molecule has 1 aliphatic heterocycles. The van der Waals surface area contributed by atoms with Crippen LogP contribution >= 0.6 is 0 Å². The van der Waals surface area contributed by atoms with Crippen molar-refractivity contribution in [3.63, 3.8) is 0 Å². The van der Waals surface area contributed by atoms with Crippen LogP contribution < -0.4 is 0 Å². The molecule has 0 N–H and O–H groups in total. The summed E-state index contributed by atoms with van der Waals surface area (Å²) < 4.78 is 86.9. The lowest BCUT2D eigenvalue weighted by Gasteiger charge is -2.35. The van der Waals surface area contributed by atoms with Crippen LogP contribution in [0.4, 0.5) is 22.0 Å². The summed E-state index contributed by atoms with van der Waals surface area (Å²) in [5.74, 6) is -5.23. The van der Waals surface area contributed by atoms with Gasteiger partial charge in [0.1, 0.15) is 0 Å². The van der Waals surface area contributed by atoms with Crippen LogP contribution in [-0.2, 0) is 10.0 Å². The fraction of sp³-hybridized carbons (Fsp3) is 1.00. The lowest BCUT2D eigenvalue weighted by Crippen LogP contribution is -2.58. The highest BCUT2D eigenvalue weighted by Gasteiger charge is 2.67. The molecule has 0 spiro atoms. The Morgan fingerprint density at radius 1 is 1.06 bits per heavy atom. The fourth-order valence-electron chi connectivity index (χ4n) is 1.46. The summed E-state index contributed by atoms with van der Waals surface area (Å²) in [4.78, 5) is 1.66. The van der Waals surface area contributed by atoms with Crippen molar-refractivity contribution >= 4 is 10.0 Å². The normalized spacial score (nSPS) is 21.2. The number of alkyl halides is 5. The highest BCUT2D eigenvalue weighted by atomic mass is 32.2. The maximum atomic E-state index is 13.2. The smallest absolute Gasteiger partial charge is 0.304 e. The van der Waals surface area contributed by atoms with Crippen LogP contribution in [0.15, 0.2) is 0 Å². The summed E-state index contributed by atoms with van der Waals surface area (Å²) in [5, 5.41) is -5.44. The first kappa shape index (κ1) is 15.6. The zero-order valence-electron chi connectivity index (χ0n) is 9.54. The summed E-state index contributed by atoms with van der Waals surface area (Å²) in [5.41, 5.74) is 0. The Bertz CT molecular complexity index is 392. The molecule has 0 saturated carbocycles. The molecule has 1 heterocycles. The van der Waals surface area contributed by atoms with E-state index < -0.39 is 27.9 Å². The van der Waals surface area contributed by atoms with Gasteiger partial charge in [-0.25, -0.2) is 12.8 Å². The molecule has 0 aromatic carbocycles. The molecular formula is C8H13F5N2O2S. The average Bonchev–Trinajstić information content (AvgIpc) is 2.29. The van der Waals surface area contributed by atoms with Gasteiger partial charge in [-0.1, -0.05) is 0 Å². The maximum Gasteiger partial charge on any atom is 0.423 e. The molecule has 1 saturated heterocycles. The lowest BCUT2D eigenvalue weighted by molar-refractivity contribution is -0.168. The molecule has 0 aliphatic carbocycles. The maximum absolute atomic E-state index is 13.2. The van der Waals surface area contributed by atoms with Crippen LogP contribution in [0.5, 0.6) is 0 Å². The molecule has 4 nitrogen and oxygen atoms in total. The van der Waals surface area contributed by atoms with Gasteiger partial charge in [-0.2, -0.15) is 21.9 Å². The highest BCUT2D eigenvalue weighted by Crippen LogP contribution is 2.40. The number of likely N-dealkylation sites (N-methyl/N-ethyl adjacent to an activating group) is 1. The molecule has 0 atom stereocenters. The lowest BCUT2D eigenvalue weighted by atomic mass is 10.4. The van der Waals surface area contributed by atoms with Crippen molar-refractivity contribution in [3.05, 3.63) is 0 Å². The fourth-order valence-corrected chi connectivity index (χ4v) is 2.86. The second-order valence-electron chi connectivity index (χ2n) is 4.06. The zero-order valence-corrected chi connectivity index (χ0v) is 10.4. The van der Waals surface area contributed by atoms with Crippen molar-refractivity contribution in [1.82, 2.24) is 9.21 Å². The molecule has 108 valence electrons. The van der Waals surface area contributed by atoms with Crippen molar-refractivity contribution in [2.24, 2.45) is 0 Å². The minimum absolute atomic E-state index is 0.149. The van der Waals surface area contributed by atoms with E-state index >= 15 is 0 Å². The summed E-state index contributed by atoms with van der Waals surface area (Å²) >= 11 is 0. The van der Waals surface area contributed by atoms with Crippen LogP contribution in [-0.4, -0.2) is 68.7 Å². The third-order valence-electron chi connectivity index (χ3n) is 2.72. The molecule has 0 unspecified atom stereocenters. The second kappa shape index (κ2) is 4.89. The van der Waals surface area contributed by atoms with E-state index in [1.54, 1.807) is 11.9 Å². The Morgan fingerprint density at radius 3 is 1.89 bits per heavy atom. The highest BCUT2D eigenvalue weighted by molar-refractivity contribution is 7.90. The third kappa shape index (κ3) is 2.45. The van der Waals surface area contributed by atoms with Crippen LogP contribution in [0.25, 0.3) is 0 Å². The van der Waals surface area contributed by atoms with Gasteiger partial charge in [0.05, 0.1) is 0 Å². The molecule has 18 heavy (non-hydrogen) atoms. The molecule has 0 aromatic rings. The molecule has 10 heteroatoms. The molecular weight excluding hydrogens is 283 g/mol. The zero-order chi connectivity index (χ0) is 14.2. The SMILES string of the molecule is CN1CCN(S(=O)(=O)C(F)(F)C(F)(F)CF)CC1. The Labute approximate surface area is 101 Å². The molecule has 1 aliphatic rings. The molecule has 1 rings (SSSR count). The topological polar surface area (TPSA) is 40.6 Å². The molecule has 0 aromatic heterocycles. The number of nitrogens with zero attached hydrogens (tertiary/aromatic N) is 2. The number of halogens is 5. The monoisotopic (exact) mass is 296 g/mol. The summed E-state index contributed by atoms with van der Waals surface area (Å²) in [6.07, 6.45) is 0. The first-order valence-electron chi connectivity index (χ1n) is 5.06. The molecule has 1 fully saturated rings. The predicted octanol–water partition coefficient (Wildman–Crippen LogP) is 0.761. The Balaban J connectivity index is 2.99. The first-order valence-corrected chi connectivity index (χ1v) is 6.50. The van der Waals surface area contributed by atoms with E-state index in [4.69, 9.17) is 0 Å². The number of sulfonamides is 1. The first-order chi connectivity index (χ1) is 8.06. The summed E-state index contributed by atoms with van der Waals surface area (Å²) in [6.45, 7) is -3.08. The number of piperazine rings is 1. The van der Waals surface area contributed by atoms with Crippen molar-refractivity contribution < 1.29 is 30.4 Å². The quantitative estimate of drug-likeness (QED) is 0.719. The average molecular weight is 296 g/mol. The Hall–Kier alpha value is -0.480.